The van der Waals surface area contributed by atoms with Crippen LogP contribution in [0.3, 0.4) is 0 Å². The molecule has 0 bridgehead atoms. The first-order valence-corrected chi connectivity index (χ1v) is 2.94. The summed E-state index contributed by atoms with van der Waals surface area (Å²) in [5, 5.41) is 17.6. The maximum absolute atomic E-state index is 9.18. The molecule has 48 valence electrons. The van der Waals surface area contributed by atoms with Crippen molar-refractivity contribution < 1.29 is 5.11 Å². The summed E-state index contributed by atoms with van der Waals surface area (Å²) in [5.74, 6) is 0.0880. The first-order chi connectivity index (χ1) is 4.75. The molecular weight excluding hydrogens is 125 g/mol. The van der Waals surface area contributed by atoms with Crippen molar-refractivity contribution in [2.24, 2.45) is 0 Å². The van der Waals surface area contributed by atoms with E-state index in [0.29, 0.717) is 5.56 Å². The summed E-state index contributed by atoms with van der Waals surface area (Å²) < 4.78 is 0. The van der Waals surface area contributed by atoms with Gasteiger partial charge in [0.1, 0.15) is 19.7 Å². The molecule has 1 rings (SSSR count). The van der Waals surface area contributed by atoms with E-state index in [4.69, 9.17) is 5.26 Å². The minimum Gasteiger partial charge on any atom is -0.507 e. The van der Waals surface area contributed by atoms with E-state index in [1.54, 1.807) is 26.0 Å². The van der Waals surface area contributed by atoms with Crippen LogP contribution in [0.2, 0.25) is 0 Å². The Hall–Kier alpha value is -1.43. The Kier molecular flexibility index (Phi) is 1.64. The van der Waals surface area contributed by atoms with E-state index < -0.39 is 0 Å². The molecule has 0 aliphatic rings. The van der Waals surface area contributed by atoms with Gasteiger partial charge in [-0.25, -0.2) is 0 Å². The molecule has 0 amide bonds. The summed E-state index contributed by atoms with van der Waals surface area (Å²) in [7, 11) is 1.76. The van der Waals surface area contributed by atoms with E-state index in [2.05, 4.69) is 0 Å². The van der Waals surface area contributed by atoms with Gasteiger partial charge in [-0.3, -0.25) is 0 Å². The molecule has 1 aromatic carbocycles. The van der Waals surface area contributed by atoms with Gasteiger partial charge in [-0.2, -0.15) is 5.26 Å². The van der Waals surface area contributed by atoms with Gasteiger partial charge in [0, 0.05) is 0 Å². The monoisotopic (exact) mass is 131 g/mol. The van der Waals surface area contributed by atoms with Gasteiger partial charge in [-0.1, -0.05) is 12.1 Å². The molecule has 3 heteroatoms. The summed E-state index contributed by atoms with van der Waals surface area (Å²) in [5.41, 5.74) is 1.07. The number of phenolic OH excluding ortho intramolecular Hbond substituents is 1. The van der Waals surface area contributed by atoms with Crippen molar-refractivity contribution in [3.8, 4) is 11.8 Å². The van der Waals surface area contributed by atoms with E-state index in [1.807, 2.05) is 6.07 Å². The van der Waals surface area contributed by atoms with Crippen LogP contribution in [0.15, 0.2) is 18.2 Å². The molecule has 0 spiro atoms. The predicted molar refractivity (Wildman–Crippen MR) is 41.0 cm³/mol. The van der Waals surface area contributed by atoms with Crippen LogP contribution in [0.4, 0.5) is 0 Å². The molecule has 10 heavy (non-hydrogen) atoms. The van der Waals surface area contributed by atoms with E-state index in [-0.39, 0.29) is 5.75 Å². The fourth-order valence-electron chi connectivity index (χ4n) is 0.749. The normalized spacial score (nSPS) is 8.70. The fourth-order valence-corrected chi connectivity index (χ4v) is 0.749. The van der Waals surface area contributed by atoms with Crippen LogP contribution in [0, 0.1) is 11.3 Å². The maximum atomic E-state index is 9.18. The Balaban J connectivity index is 3.31. The number of para-hydroxylation sites is 1. The van der Waals surface area contributed by atoms with Crippen molar-refractivity contribution in [2.75, 3.05) is 0 Å². The number of hydrogen-bond acceptors (Lipinski definition) is 2. The molecule has 0 aromatic heterocycles. The van der Waals surface area contributed by atoms with Crippen LogP contribution in [-0.4, -0.2) is 13.0 Å². The molecule has 0 atom stereocenters. The van der Waals surface area contributed by atoms with Gasteiger partial charge in [-0.05, 0) is 11.5 Å². The van der Waals surface area contributed by atoms with Gasteiger partial charge in [0.2, 0.25) is 0 Å². The van der Waals surface area contributed by atoms with Crippen LogP contribution >= 0.6 is 0 Å². The number of benzene rings is 1. The summed E-state index contributed by atoms with van der Waals surface area (Å²) in [4.78, 5) is 0. The molecule has 1 aromatic rings. The zero-order valence-corrected chi connectivity index (χ0v) is 5.63. The zero-order chi connectivity index (χ0) is 7.56. The highest BCUT2D eigenvalue weighted by atomic mass is 16.3. The Bertz CT molecular complexity index is 290. The van der Waals surface area contributed by atoms with Crippen molar-refractivity contribution in [3.63, 3.8) is 0 Å². The highest BCUT2D eigenvalue weighted by Crippen LogP contribution is 2.09. The number of nitriles is 1. The number of hydrogen-bond donors (Lipinski definition) is 1. The maximum Gasteiger partial charge on any atom is 0.144 e. The molecule has 0 aliphatic heterocycles. The molecular formula is C7H6BNO. The molecule has 0 fully saturated rings. The molecule has 2 nitrogen and oxygen atoms in total. The zero-order valence-electron chi connectivity index (χ0n) is 5.63. The van der Waals surface area contributed by atoms with Crippen LogP contribution < -0.4 is 5.46 Å². The van der Waals surface area contributed by atoms with E-state index in [9.17, 15) is 5.11 Å². The third-order valence-electron chi connectivity index (χ3n) is 1.36. The highest BCUT2D eigenvalue weighted by molar-refractivity contribution is 6.34. The average molecular weight is 131 g/mol. The van der Waals surface area contributed by atoms with Gasteiger partial charge < -0.3 is 5.11 Å². The minimum atomic E-state index is 0.0880. The Morgan fingerprint density at radius 2 is 2.20 bits per heavy atom. The van der Waals surface area contributed by atoms with Crippen molar-refractivity contribution >= 4 is 13.3 Å². The first-order valence-electron chi connectivity index (χ1n) is 2.94. The van der Waals surface area contributed by atoms with Crippen molar-refractivity contribution in [3.05, 3.63) is 23.8 Å². The molecule has 0 heterocycles. The third kappa shape index (κ3) is 0.962. The van der Waals surface area contributed by atoms with Crippen LogP contribution in [-0.2, 0) is 0 Å². The predicted octanol–water partition coefficient (Wildman–Crippen LogP) is -0.478. The summed E-state index contributed by atoms with van der Waals surface area (Å²) in [6.45, 7) is 0. The van der Waals surface area contributed by atoms with Gasteiger partial charge in [0.05, 0.1) is 5.56 Å². The summed E-state index contributed by atoms with van der Waals surface area (Å²) in [6.07, 6.45) is 0. The average Bonchev–Trinajstić information content (AvgIpc) is 1.95. The quantitative estimate of drug-likeness (QED) is 0.483. The molecule has 0 radical (unpaired) electrons. The molecule has 0 saturated carbocycles. The summed E-state index contributed by atoms with van der Waals surface area (Å²) >= 11 is 0. The van der Waals surface area contributed by atoms with E-state index >= 15 is 0 Å². The lowest BCUT2D eigenvalue weighted by Gasteiger charge is -1.97. The van der Waals surface area contributed by atoms with Crippen molar-refractivity contribution in [1.29, 1.82) is 5.26 Å². The third-order valence-corrected chi connectivity index (χ3v) is 1.36. The number of rotatable bonds is 0. The number of phenols is 1. The molecule has 1 N–H and O–H groups in total. The minimum absolute atomic E-state index is 0.0880. The number of aromatic hydroxyl groups is 1. The highest BCUT2D eigenvalue weighted by Gasteiger charge is 1.99. The lowest BCUT2D eigenvalue weighted by atomic mass is 9.93. The molecule has 0 aliphatic carbocycles. The molecule has 0 unspecified atom stereocenters. The first kappa shape index (κ1) is 6.69. The second-order valence-electron chi connectivity index (χ2n) is 2.08. The van der Waals surface area contributed by atoms with Crippen LogP contribution in [0.1, 0.15) is 5.56 Å². The van der Waals surface area contributed by atoms with Gasteiger partial charge in [-0.15, -0.1) is 0 Å². The van der Waals surface area contributed by atoms with Crippen molar-refractivity contribution in [2.45, 2.75) is 0 Å². The standard InChI is InChI=1S/C7H6BNO/c8-6-3-1-2-5(4-9)7(6)10/h1-3,10H,8H2. The van der Waals surface area contributed by atoms with Crippen LogP contribution in [0.5, 0.6) is 5.75 Å². The second kappa shape index (κ2) is 2.44. The second-order valence-corrected chi connectivity index (χ2v) is 2.08. The largest absolute Gasteiger partial charge is 0.507 e. The lowest BCUT2D eigenvalue weighted by Crippen LogP contribution is -2.02. The molecule has 0 saturated heterocycles. The van der Waals surface area contributed by atoms with Crippen LogP contribution in [0.25, 0.3) is 0 Å². The van der Waals surface area contributed by atoms with E-state index in [1.165, 1.54) is 0 Å². The lowest BCUT2D eigenvalue weighted by molar-refractivity contribution is 0.478. The summed E-state index contributed by atoms with van der Waals surface area (Å²) in [6, 6.07) is 6.98. The Morgan fingerprint density at radius 3 is 2.70 bits per heavy atom. The smallest absolute Gasteiger partial charge is 0.144 e. The van der Waals surface area contributed by atoms with Gasteiger partial charge >= 0.3 is 0 Å². The Labute approximate surface area is 60.1 Å². The number of nitrogens with zero attached hydrogens (tertiary/aromatic N) is 1. The van der Waals surface area contributed by atoms with Gasteiger partial charge in [0.25, 0.3) is 0 Å². The Morgan fingerprint density at radius 1 is 1.50 bits per heavy atom. The van der Waals surface area contributed by atoms with Crippen molar-refractivity contribution in [1.82, 2.24) is 0 Å². The SMILES string of the molecule is Bc1cccc(C#N)c1O. The van der Waals surface area contributed by atoms with E-state index in [0.717, 1.165) is 5.46 Å². The fraction of sp³-hybridized carbons (Fsp3) is 0. The topological polar surface area (TPSA) is 44.0 Å². The van der Waals surface area contributed by atoms with Gasteiger partial charge in [0.15, 0.2) is 0 Å².